The average Bonchev–Trinajstić information content (AvgIpc) is 3.12. The van der Waals surface area contributed by atoms with E-state index in [1.165, 1.54) is 17.4 Å². The lowest BCUT2D eigenvalue weighted by molar-refractivity contribution is 0.102. The highest BCUT2D eigenvalue weighted by Gasteiger charge is 2.16. The van der Waals surface area contributed by atoms with Crippen molar-refractivity contribution >= 4 is 22.9 Å². The molecular weight excluding hydrogens is 313 g/mol. The van der Waals surface area contributed by atoms with Crippen LogP contribution in [0.15, 0.2) is 35.7 Å². The van der Waals surface area contributed by atoms with Crippen molar-refractivity contribution < 1.29 is 9.18 Å². The maximum absolute atomic E-state index is 14.0. The Balaban J connectivity index is 1.84. The molecule has 3 aromatic rings. The third-order valence-corrected chi connectivity index (χ3v) is 4.63. The van der Waals surface area contributed by atoms with Crippen molar-refractivity contribution in [2.75, 3.05) is 5.32 Å². The smallest absolute Gasteiger partial charge is 0.275 e. The molecule has 0 fully saturated rings. The third-order valence-electron chi connectivity index (χ3n) is 3.77. The Kier molecular flexibility index (Phi) is 4.00. The molecule has 4 nitrogen and oxygen atoms in total. The topological polar surface area (TPSA) is 46.9 Å². The van der Waals surface area contributed by atoms with Gasteiger partial charge in [0.15, 0.2) is 0 Å². The maximum atomic E-state index is 14.0. The Morgan fingerprint density at radius 1 is 1.26 bits per heavy atom. The monoisotopic (exact) mass is 329 g/mol. The zero-order valence-electron chi connectivity index (χ0n) is 13.1. The summed E-state index contributed by atoms with van der Waals surface area (Å²) in [7, 11) is 1.95. The van der Waals surface area contributed by atoms with Gasteiger partial charge in [-0.3, -0.25) is 4.79 Å². The highest BCUT2D eigenvalue weighted by atomic mass is 32.1. The summed E-state index contributed by atoms with van der Waals surface area (Å²) in [5, 5.41) is 5.02. The SMILES string of the molecule is Cc1cccc(NC(=O)c2csc(-c3ccc(C)n3C)n2)c1F. The van der Waals surface area contributed by atoms with E-state index in [0.29, 0.717) is 5.56 Å². The van der Waals surface area contributed by atoms with Gasteiger partial charge in [-0.25, -0.2) is 9.37 Å². The lowest BCUT2D eigenvalue weighted by Crippen LogP contribution is -2.13. The van der Waals surface area contributed by atoms with Gasteiger partial charge in [-0.05, 0) is 37.6 Å². The maximum Gasteiger partial charge on any atom is 0.275 e. The van der Waals surface area contributed by atoms with Crippen LogP contribution in [0.1, 0.15) is 21.7 Å². The summed E-state index contributed by atoms with van der Waals surface area (Å²) in [6.45, 7) is 3.66. The van der Waals surface area contributed by atoms with Gasteiger partial charge in [0, 0.05) is 18.1 Å². The molecule has 0 aliphatic heterocycles. The molecule has 2 aromatic heterocycles. The highest BCUT2D eigenvalue weighted by Crippen LogP contribution is 2.26. The Bertz CT molecular complexity index is 882. The van der Waals surface area contributed by atoms with Gasteiger partial charge < -0.3 is 9.88 Å². The third kappa shape index (κ3) is 2.90. The van der Waals surface area contributed by atoms with Gasteiger partial charge in [-0.15, -0.1) is 11.3 Å². The Hall–Kier alpha value is -2.47. The zero-order chi connectivity index (χ0) is 16.6. The minimum atomic E-state index is -0.422. The first-order valence-corrected chi connectivity index (χ1v) is 8.00. The van der Waals surface area contributed by atoms with Gasteiger partial charge in [-0.1, -0.05) is 12.1 Å². The first kappa shape index (κ1) is 15.4. The van der Waals surface area contributed by atoms with E-state index in [1.807, 2.05) is 30.7 Å². The van der Waals surface area contributed by atoms with E-state index in [9.17, 15) is 9.18 Å². The van der Waals surface area contributed by atoms with E-state index in [2.05, 4.69) is 10.3 Å². The summed E-state index contributed by atoms with van der Waals surface area (Å²) in [4.78, 5) is 16.6. The van der Waals surface area contributed by atoms with Crippen LogP contribution in [0.3, 0.4) is 0 Å². The summed E-state index contributed by atoms with van der Waals surface area (Å²) >= 11 is 1.39. The molecule has 0 atom stereocenters. The van der Waals surface area contributed by atoms with Crippen molar-refractivity contribution in [3.63, 3.8) is 0 Å². The number of nitrogens with one attached hydrogen (secondary N) is 1. The number of nitrogens with zero attached hydrogens (tertiary/aromatic N) is 2. The lowest BCUT2D eigenvalue weighted by atomic mass is 10.2. The molecule has 0 aliphatic rings. The van der Waals surface area contributed by atoms with Crippen LogP contribution in [0.4, 0.5) is 10.1 Å². The highest BCUT2D eigenvalue weighted by molar-refractivity contribution is 7.13. The number of anilines is 1. The second kappa shape index (κ2) is 5.96. The molecule has 2 heterocycles. The van der Waals surface area contributed by atoms with Crippen LogP contribution in [0, 0.1) is 19.7 Å². The summed E-state index contributed by atoms with van der Waals surface area (Å²) in [5.41, 5.74) is 3.00. The fourth-order valence-corrected chi connectivity index (χ4v) is 3.11. The quantitative estimate of drug-likeness (QED) is 0.784. The Morgan fingerprint density at radius 2 is 2.04 bits per heavy atom. The molecule has 6 heteroatoms. The number of rotatable bonds is 3. The van der Waals surface area contributed by atoms with Crippen molar-refractivity contribution in [3.05, 3.63) is 58.5 Å². The van der Waals surface area contributed by atoms with Crippen LogP contribution < -0.4 is 5.32 Å². The van der Waals surface area contributed by atoms with Gasteiger partial charge in [-0.2, -0.15) is 0 Å². The number of hydrogen-bond donors (Lipinski definition) is 1. The van der Waals surface area contributed by atoms with Gasteiger partial charge in [0.1, 0.15) is 16.5 Å². The number of carbonyl (C=O) groups is 1. The fraction of sp³-hybridized carbons (Fsp3) is 0.176. The molecule has 1 amide bonds. The molecule has 0 spiro atoms. The van der Waals surface area contributed by atoms with Crippen molar-refractivity contribution in [1.29, 1.82) is 0 Å². The molecule has 0 saturated carbocycles. The number of benzene rings is 1. The second-order valence-corrected chi connectivity index (χ2v) is 6.21. The van der Waals surface area contributed by atoms with Crippen LogP contribution in [0.5, 0.6) is 0 Å². The summed E-state index contributed by atoms with van der Waals surface area (Å²) in [5.74, 6) is -0.836. The molecule has 0 unspecified atom stereocenters. The molecule has 0 radical (unpaired) electrons. The van der Waals surface area contributed by atoms with Gasteiger partial charge in [0.25, 0.3) is 5.91 Å². The van der Waals surface area contributed by atoms with Crippen LogP contribution in [-0.2, 0) is 7.05 Å². The molecule has 1 aromatic carbocycles. The first-order valence-electron chi connectivity index (χ1n) is 7.12. The van der Waals surface area contributed by atoms with Crippen molar-refractivity contribution in [2.24, 2.45) is 7.05 Å². The van der Waals surface area contributed by atoms with E-state index in [4.69, 9.17) is 0 Å². The minimum absolute atomic E-state index is 0.166. The molecule has 1 N–H and O–H groups in total. The minimum Gasteiger partial charge on any atom is -0.346 e. The van der Waals surface area contributed by atoms with Gasteiger partial charge >= 0.3 is 0 Å². The summed E-state index contributed by atoms with van der Waals surface area (Å²) in [6, 6.07) is 8.86. The number of aryl methyl sites for hydroxylation is 2. The largest absolute Gasteiger partial charge is 0.346 e. The van der Waals surface area contributed by atoms with Crippen LogP contribution in [0.25, 0.3) is 10.7 Å². The molecule has 23 heavy (non-hydrogen) atoms. The zero-order valence-corrected chi connectivity index (χ0v) is 13.9. The number of thiazole rings is 1. The average molecular weight is 329 g/mol. The molecule has 0 bridgehead atoms. The van der Waals surface area contributed by atoms with E-state index in [1.54, 1.807) is 24.4 Å². The van der Waals surface area contributed by atoms with Crippen LogP contribution in [0.2, 0.25) is 0 Å². The molecule has 0 aliphatic carbocycles. The first-order chi connectivity index (χ1) is 11.0. The van der Waals surface area contributed by atoms with E-state index in [-0.39, 0.29) is 11.4 Å². The summed E-state index contributed by atoms with van der Waals surface area (Å²) < 4.78 is 16.0. The standard InChI is InChI=1S/C17H16FN3OS/c1-10-5-4-6-12(15(10)18)19-16(22)13-9-23-17(20-13)14-8-7-11(2)21(14)3/h4-9H,1-3H3,(H,19,22). The Morgan fingerprint density at radius 3 is 2.74 bits per heavy atom. The fourth-order valence-electron chi connectivity index (χ4n) is 2.25. The normalized spacial score (nSPS) is 10.8. The Labute approximate surface area is 137 Å². The predicted octanol–water partition coefficient (Wildman–Crippen LogP) is 4.16. The van der Waals surface area contributed by atoms with Gasteiger partial charge in [0.05, 0.1) is 11.4 Å². The van der Waals surface area contributed by atoms with E-state index in [0.717, 1.165) is 16.4 Å². The van der Waals surface area contributed by atoms with Crippen molar-refractivity contribution in [3.8, 4) is 10.7 Å². The van der Waals surface area contributed by atoms with Crippen molar-refractivity contribution in [1.82, 2.24) is 9.55 Å². The molecular formula is C17H16FN3OS. The number of carbonyl (C=O) groups excluding carboxylic acids is 1. The van der Waals surface area contributed by atoms with E-state index < -0.39 is 11.7 Å². The van der Waals surface area contributed by atoms with Crippen LogP contribution >= 0.6 is 11.3 Å². The number of aromatic nitrogens is 2. The molecule has 3 rings (SSSR count). The molecule has 118 valence electrons. The number of hydrogen-bond acceptors (Lipinski definition) is 3. The second-order valence-electron chi connectivity index (χ2n) is 5.35. The van der Waals surface area contributed by atoms with Crippen molar-refractivity contribution in [2.45, 2.75) is 13.8 Å². The van der Waals surface area contributed by atoms with E-state index >= 15 is 0 Å². The van der Waals surface area contributed by atoms with Gasteiger partial charge in [0.2, 0.25) is 0 Å². The molecule has 0 saturated heterocycles. The number of halogens is 1. The number of amides is 1. The van der Waals surface area contributed by atoms with Crippen LogP contribution in [-0.4, -0.2) is 15.5 Å². The summed E-state index contributed by atoms with van der Waals surface area (Å²) in [6.07, 6.45) is 0. The predicted molar refractivity (Wildman–Crippen MR) is 90.3 cm³/mol. The lowest BCUT2D eigenvalue weighted by Gasteiger charge is -2.06.